The summed E-state index contributed by atoms with van der Waals surface area (Å²) in [5, 5.41) is 9.52. The van der Waals surface area contributed by atoms with Gasteiger partial charge in [-0.25, -0.2) is 4.57 Å². The van der Waals surface area contributed by atoms with Crippen LogP contribution in [0.25, 0.3) is 12.2 Å². The molecule has 0 bridgehead atoms. The number of aliphatic hydroxyl groups is 1. The predicted octanol–water partition coefficient (Wildman–Crippen LogP) is 3.46. The van der Waals surface area contributed by atoms with Gasteiger partial charge in [0, 0.05) is 25.0 Å². The first-order valence-electron chi connectivity index (χ1n) is 7.09. The fourth-order valence-corrected chi connectivity index (χ4v) is 2.26. The van der Waals surface area contributed by atoms with Crippen molar-refractivity contribution in [3.05, 3.63) is 54.2 Å². The van der Waals surface area contributed by atoms with E-state index in [1.54, 1.807) is 6.26 Å². The standard InChI is InChI=1S/C17H22NO2/c1-3-16(13-14(2)19)18-10-8-15(9-11-18)6-7-17-5-4-12-20-17/h4-12,14,16,19H,3,13H2,1-2H3/q+1/b7-6-. The third-order valence-corrected chi connectivity index (χ3v) is 3.37. The summed E-state index contributed by atoms with van der Waals surface area (Å²) >= 11 is 0. The van der Waals surface area contributed by atoms with Gasteiger partial charge in [-0.15, -0.1) is 0 Å². The molecule has 0 fully saturated rings. The Kier molecular flexibility index (Phi) is 5.13. The van der Waals surface area contributed by atoms with E-state index in [-0.39, 0.29) is 6.10 Å². The highest BCUT2D eigenvalue weighted by Gasteiger charge is 2.17. The normalized spacial score (nSPS) is 14.6. The van der Waals surface area contributed by atoms with Gasteiger partial charge in [0.1, 0.15) is 5.76 Å². The van der Waals surface area contributed by atoms with Gasteiger partial charge in [0.05, 0.1) is 12.4 Å². The van der Waals surface area contributed by atoms with E-state index in [9.17, 15) is 5.11 Å². The quantitative estimate of drug-likeness (QED) is 0.818. The van der Waals surface area contributed by atoms with Crippen molar-refractivity contribution >= 4 is 12.2 Å². The third-order valence-electron chi connectivity index (χ3n) is 3.37. The molecule has 106 valence electrons. The fourth-order valence-electron chi connectivity index (χ4n) is 2.26. The van der Waals surface area contributed by atoms with E-state index < -0.39 is 0 Å². The largest absolute Gasteiger partial charge is 0.465 e. The Bertz CT molecular complexity index is 527. The number of hydrogen-bond donors (Lipinski definition) is 1. The summed E-state index contributed by atoms with van der Waals surface area (Å²) < 4.78 is 7.42. The Morgan fingerprint density at radius 2 is 2.00 bits per heavy atom. The lowest BCUT2D eigenvalue weighted by Crippen LogP contribution is -2.39. The molecule has 0 saturated heterocycles. The van der Waals surface area contributed by atoms with Crippen LogP contribution in [0, 0.1) is 0 Å². The van der Waals surface area contributed by atoms with Crippen LogP contribution in [-0.2, 0) is 0 Å². The predicted molar refractivity (Wildman–Crippen MR) is 79.9 cm³/mol. The Balaban J connectivity index is 2.05. The summed E-state index contributed by atoms with van der Waals surface area (Å²) in [6, 6.07) is 8.29. The SMILES string of the molecule is CCC(CC(C)O)[n+]1ccc(/C=C\c2ccco2)cc1. The molecule has 2 aromatic rings. The lowest BCUT2D eigenvalue weighted by Gasteiger charge is -2.12. The Hall–Kier alpha value is -1.87. The third kappa shape index (κ3) is 4.07. The molecule has 0 aliphatic carbocycles. The zero-order valence-corrected chi connectivity index (χ0v) is 12.1. The van der Waals surface area contributed by atoms with Gasteiger partial charge in [0.25, 0.3) is 0 Å². The summed E-state index contributed by atoms with van der Waals surface area (Å²) in [6.45, 7) is 3.98. The molecular weight excluding hydrogens is 250 g/mol. The molecule has 2 aromatic heterocycles. The van der Waals surface area contributed by atoms with Crippen LogP contribution in [0.1, 0.15) is 44.1 Å². The highest BCUT2D eigenvalue weighted by Crippen LogP contribution is 2.12. The molecule has 0 spiro atoms. The maximum absolute atomic E-state index is 9.52. The van der Waals surface area contributed by atoms with Gasteiger partial charge in [-0.1, -0.05) is 13.0 Å². The van der Waals surface area contributed by atoms with Crippen molar-refractivity contribution in [1.29, 1.82) is 0 Å². The van der Waals surface area contributed by atoms with E-state index >= 15 is 0 Å². The maximum atomic E-state index is 9.52. The molecular formula is C17H22NO2+. The average molecular weight is 272 g/mol. The van der Waals surface area contributed by atoms with Crippen LogP contribution >= 0.6 is 0 Å². The molecule has 2 unspecified atom stereocenters. The van der Waals surface area contributed by atoms with Gasteiger partial charge in [-0.3, -0.25) is 0 Å². The van der Waals surface area contributed by atoms with Crippen molar-refractivity contribution in [2.24, 2.45) is 0 Å². The number of aromatic nitrogens is 1. The van der Waals surface area contributed by atoms with Crippen molar-refractivity contribution in [2.45, 2.75) is 38.8 Å². The molecule has 2 atom stereocenters. The molecule has 0 aliphatic rings. The number of rotatable bonds is 6. The second kappa shape index (κ2) is 7.06. The molecule has 3 heteroatoms. The molecule has 2 heterocycles. The lowest BCUT2D eigenvalue weighted by atomic mass is 10.1. The van der Waals surface area contributed by atoms with Gasteiger partial charge in [-0.05, 0) is 30.7 Å². The zero-order chi connectivity index (χ0) is 14.4. The van der Waals surface area contributed by atoms with Crippen molar-refractivity contribution in [3.8, 4) is 0 Å². The summed E-state index contributed by atoms with van der Waals surface area (Å²) in [5.41, 5.74) is 1.13. The van der Waals surface area contributed by atoms with E-state index in [1.807, 2.05) is 31.2 Å². The Morgan fingerprint density at radius 3 is 2.55 bits per heavy atom. The van der Waals surface area contributed by atoms with Crippen LogP contribution in [0.4, 0.5) is 0 Å². The minimum atomic E-state index is -0.272. The topological polar surface area (TPSA) is 37.2 Å². The molecule has 0 saturated carbocycles. The highest BCUT2D eigenvalue weighted by molar-refractivity contribution is 5.66. The molecule has 0 amide bonds. The second-order valence-corrected chi connectivity index (χ2v) is 5.07. The van der Waals surface area contributed by atoms with Crippen molar-refractivity contribution in [3.63, 3.8) is 0 Å². The molecule has 0 aliphatic heterocycles. The molecule has 3 nitrogen and oxygen atoms in total. The Morgan fingerprint density at radius 1 is 1.25 bits per heavy atom. The molecule has 2 rings (SSSR count). The average Bonchev–Trinajstić information content (AvgIpc) is 2.96. The maximum Gasteiger partial charge on any atom is 0.169 e. The number of hydrogen-bond acceptors (Lipinski definition) is 2. The van der Waals surface area contributed by atoms with Crippen LogP contribution in [0.5, 0.6) is 0 Å². The summed E-state index contributed by atoms with van der Waals surface area (Å²) in [5.74, 6) is 0.849. The van der Waals surface area contributed by atoms with E-state index in [4.69, 9.17) is 4.42 Å². The van der Waals surface area contributed by atoms with Crippen LogP contribution in [0.2, 0.25) is 0 Å². The molecule has 0 radical (unpaired) electrons. The molecule has 0 aromatic carbocycles. The van der Waals surface area contributed by atoms with Gasteiger partial charge in [0.2, 0.25) is 0 Å². The van der Waals surface area contributed by atoms with E-state index in [0.717, 1.165) is 24.2 Å². The lowest BCUT2D eigenvalue weighted by molar-refractivity contribution is -0.724. The summed E-state index contributed by atoms with van der Waals surface area (Å²) in [6.07, 6.45) is 11.3. The Labute approximate surface area is 120 Å². The van der Waals surface area contributed by atoms with Gasteiger partial charge >= 0.3 is 0 Å². The van der Waals surface area contributed by atoms with Gasteiger partial charge in [0.15, 0.2) is 18.4 Å². The first-order valence-corrected chi connectivity index (χ1v) is 7.09. The van der Waals surface area contributed by atoms with Crippen molar-refractivity contribution in [2.75, 3.05) is 0 Å². The summed E-state index contributed by atoms with van der Waals surface area (Å²) in [4.78, 5) is 0. The second-order valence-electron chi connectivity index (χ2n) is 5.07. The van der Waals surface area contributed by atoms with Crippen LogP contribution < -0.4 is 4.57 Å². The minimum Gasteiger partial charge on any atom is -0.465 e. The van der Waals surface area contributed by atoms with Crippen LogP contribution in [0.15, 0.2) is 47.3 Å². The smallest absolute Gasteiger partial charge is 0.169 e. The van der Waals surface area contributed by atoms with Crippen LogP contribution in [-0.4, -0.2) is 11.2 Å². The molecule has 1 N–H and O–H groups in total. The first-order chi connectivity index (χ1) is 9.69. The number of furan rings is 1. The summed E-state index contributed by atoms with van der Waals surface area (Å²) in [7, 11) is 0. The van der Waals surface area contributed by atoms with E-state index in [0.29, 0.717) is 6.04 Å². The minimum absolute atomic E-state index is 0.272. The van der Waals surface area contributed by atoms with Gasteiger partial charge in [-0.2, -0.15) is 0 Å². The number of nitrogens with zero attached hydrogens (tertiary/aromatic N) is 1. The van der Waals surface area contributed by atoms with E-state index in [2.05, 4.69) is 36.0 Å². The fraction of sp³-hybridized carbons (Fsp3) is 0.353. The van der Waals surface area contributed by atoms with Crippen LogP contribution in [0.3, 0.4) is 0 Å². The van der Waals surface area contributed by atoms with Gasteiger partial charge < -0.3 is 9.52 Å². The monoisotopic (exact) mass is 272 g/mol. The highest BCUT2D eigenvalue weighted by atomic mass is 16.3. The van der Waals surface area contributed by atoms with E-state index in [1.165, 1.54) is 0 Å². The molecule has 20 heavy (non-hydrogen) atoms. The van der Waals surface area contributed by atoms with Crippen molar-refractivity contribution in [1.82, 2.24) is 0 Å². The number of aliphatic hydroxyl groups excluding tert-OH is 1. The first kappa shape index (κ1) is 14.5. The zero-order valence-electron chi connectivity index (χ0n) is 12.1. The number of pyridine rings is 1. The van der Waals surface area contributed by atoms with Crippen molar-refractivity contribution < 1.29 is 14.1 Å².